The Balaban J connectivity index is 2.40. The van der Waals surface area contributed by atoms with Crippen molar-refractivity contribution in [1.82, 2.24) is 4.98 Å². The van der Waals surface area contributed by atoms with E-state index in [9.17, 15) is 4.79 Å². The first-order chi connectivity index (χ1) is 6.27. The first kappa shape index (κ1) is 8.37. The standard InChI is InChI=1S/C8H8N2O2S/c11-8(12)6-2-1-5-7(10-6)13-4-3-9-5/h1-2,9H,3-4H2,(H,11,12). The van der Waals surface area contributed by atoms with Crippen molar-refractivity contribution in [3.63, 3.8) is 0 Å². The SMILES string of the molecule is O=C(O)c1ccc2c(n1)SCCN2. The van der Waals surface area contributed by atoms with Gasteiger partial charge in [0.1, 0.15) is 10.7 Å². The molecule has 1 aliphatic rings. The lowest BCUT2D eigenvalue weighted by Crippen LogP contribution is -2.12. The summed E-state index contributed by atoms with van der Waals surface area (Å²) in [5.74, 6) is -0.0442. The van der Waals surface area contributed by atoms with Gasteiger partial charge in [-0.3, -0.25) is 0 Å². The minimum Gasteiger partial charge on any atom is -0.477 e. The number of carboxylic acids is 1. The van der Waals surface area contributed by atoms with Crippen LogP contribution in [0.5, 0.6) is 0 Å². The number of rotatable bonds is 1. The first-order valence-corrected chi connectivity index (χ1v) is 4.87. The predicted molar refractivity (Wildman–Crippen MR) is 50.4 cm³/mol. The van der Waals surface area contributed by atoms with Gasteiger partial charge in [-0.15, -0.1) is 11.8 Å². The number of pyridine rings is 1. The number of anilines is 1. The second kappa shape index (κ2) is 3.26. The Labute approximate surface area is 79.4 Å². The average molecular weight is 196 g/mol. The molecule has 0 spiro atoms. The molecule has 0 bridgehead atoms. The summed E-state index contributed by atoms with van der Waals surface area (Å²) in [6.07, 6.45) is 0. The molecule has 0 atom stereocenters. The Morgan fingerprint density at radius 1 is 1.62 bits per heavy atom. The largest absolute Gasteiger partial charge is 0.477 e. The summed E-state index contributed by atoms with van der Waals surface area (Å²) in [6, 6.07) is 3.28. The van der Waals surface area contributed by atoms with E-state index in [0.29, 0.717) is 0 Å². The minimum atomic E-state index is -0.978. The summed E-state index contributed by atoms with van der Waals surface area (Å²) >= 11 is 1.58. The van der Waals surface area contributed by atoms with E-state index in [1.165, 1.54) is 6.07 Å². The number of aromatic carboxylic acids is 1. The first-order valence-electron chi connectivity index (χ1n) is 3.88. The number of nitrogens with one attached hydrogen (secondary N) is 1. The highest BCUT2D eigenvalue weighted by molar-refractivity contribution is 7.99. The van der Waals surface area contributed by atoms with Gasteiger partial charge in [0.15, 0.2) is 0 Å². The summed E-state index contributed by atoms with van der Waals surface area (Å²) < 4.78 is 0. The summed E-state index contributed by atoms with van der Waals surface area (Å²) in [6.45, 7) is 0.908. The second-order valence-electron chi connectivity index (χ2n) is 2.63. The van der Waals surface area contributed by atoms with E-state index in [-0.39, 0.29) is 5.69 Å². The number of nitrogens with zero attached hydrogens (tertiary/aromatic N) is 1. The monoisotopic (exact) mass is 196 g/mol. The maximum Gasteiger partial charge on any atom is 0.354 e. The fraction of sp³-hybridized carbons (Fsp3) is 0.250. The van der Waals surface area contributed by atoms with Crippen LogP contribution in [0.1, 0.15) is 10.5 Å². The molecule has 2 rings (SSSR count). The van der Waals surface area contributed by atoms with Crippen LogP contribution in [0.4, 0.5) is 5.69 Å². The molecule has 2 heterocycles. The Morgan fingerprint density at radius 3 is 3.23 bits per heavy atom. The van der Waals surface area contributed by atoms with Gasteiger partial charge < -0.3 is 10.4 Å². The molecule has 0 unspecified atom stereocenters. The van der Waals surface area contributed by atoms with Crippen molar-refractivity contribution in [2.24, 2.45) is 0 Å². The fourth-order valence-electron chi connectivity index (χ4n) is 1.14. The molecule has 0 fully saturated rings. The molecule has 0 amide bonds. The average Bonchev–Trinajstić information content (AvgIpc) is 2.17. The maximum atomic E-state index is 10.6. The molecule has 2 N–H and O–H groups in total. The summed E-state index contributed by atoms with van der Waals surface area (Å²) in [4.78, 5) is 14.6. The van der Waals surface area contributed by atoms with Crippen molar-refractivity contribution in [3.8, 4) is 0 Å². The number of carbonyl (C=O) groups is 1. The van der Waals surface area contributed by atoms with Crippen molar-refractivity contribution in [3.05, 3.63) is 17.8 Å². The van der Waals surface area contributed by atoms with Crippen LogP contribution in [0.2, 0.25) is 0 Å². The Morgan fingerprint density at radius 2 is 2.46 bits per heavy atom. The number of thioether (sulfide) groups is 1. The molecule has 4 nitrogen and oxygen atoms in total. The highest BCUT2D eigenvalue weighted by Gasteiger charge is 2.13. The van der Waals surface area contributed by atoms with Crippen LogP contribution < -0.4 is 5.32 Å². The zero-order chi connectivity index (χ0) is 9.26. The zero-order valence-corrected chi connectivity index (χ0v) is 7.60. The highest BCUT2D eigenvalue weighted by Crippen LogP contribution is 2.28. The van der Waals surface area contributed by atoms with Crippen LogP contribution in [0, 0.1) is 0 Å². The van der Waals surface area contributed by atoms with Crippen molar-refractivity contribution < 1.29 is 9.90 Å². The summed E-state index contributed by atoms with van der Waals surface area (Å²) in [5, 5.41) is 12.6. The van der Waals surface area contributed by atoms with Crippen molar-refractivity contribution in [2.45, 2.75) is 5.03 Å². The van der Waals surface area contributed by atoms with Crippen molar-refractivity contribution in [1.29, 1.82) is 0 Å². The van der Waals surface area contributed by atoms with Crippen LogP contribution in [0.15, 0.2) is 17.2 Å². The lowest BCUT2D eigenvalue weighted by Gasteiger charge is -2.15. The molecule has 0 saturated heterocycles. The zero-order valence-electron chi connectivity index (χ0n) is 6.78. The number of fused-ring (bicyclic) bond motifs is 1. The normalized spacial score (nSPS) is 14.5. The Hall–Kier alpha value is -1.23. The molecular formula is C8H8N2O2S. The highest BCUT2D eigenvalue weighted by atomic mass is 32.2. The van der Waals surface area contributed by atoms with Gasteiger partial charge in [-0.25, -0.2) is 9.78 Å². The smallest absolute Gasteiger partial charge is 0.354 e. The quantitative estimate of drug-likeness (QED) is 0.708. The van der Waals surface area contributed by atoms with E-state index >= 15 is 0 Å². The third kappa shape index (κ3) is 1.60. The predicted octanol–water partition coefficient (Wildman–Crippen LogP) is 1.30. The van der Waals surface area contributed by atoms with Crippen LogP contribution in [0.3, 0.4) is 0 Å². The van der Waals surface area contributed by atoms with Gasteiger partial charge in [0.25, 0.3) is 0 Å². The fourth-order valence-corrected chi connectivity index (χ4v) is 1.99. The molecule has 0 saturated carbocycles. The van der Waals surface area contributed by atoms with Crippen molar-refractivity contribution >= 4 is 23.4 Å². The van der Waals surface area contributed by atoms with E-state index in [1.807, 2.05) is 0 Å². The maximum absolute atomic E-state index is 10.6. The number of hydrogen-bond donors (Lipinski definition) is 2. The molecule has 5 heteroatoms. The topological polar surface area (TPSA) is 62.2 Å². The Kier molecular flexibility index (Phi) is 2.10. The second-order valence-corrected chi connectivity index (χ2v) is 3.71. The van der Waals surface area contributed by atoms with Gasteiger partial charge in [0, 0.05) is 12.3 Å². The molecule has 68 valence electrons. The van der Waals surface area contributed by atoms with Crippen LogP contribution in [-0.2, 0) is 0 Å². The molecule has 13 heavy (non-hydrogen) atoms. The van der Waals surface area contributed by atoms with Gasteiger partial charge in [-0.2, -0.15) is 0 Å². The number of carboxylic acid groups (broad SMARTS) is 1. The third-order valence-corrected chi connectivity index (χ3v) is 2.73. The summed E-state index contributed by atoms with van der Waals surface area (Å²) in [5.41, 5.74) is 1.04. The molecule has 1 aromatic heterocycles. The van der Waals surface area contributed by atoms with Crippen molar-refractivity contribution in [2.75, 3.05) is 17.6 Å². The van der Waals surface area contributed by atoms with E-state index in [2.05, 4.69) is 10.3 Å². The third-order valence-electron chi connectivity index (χ3n) is 1.74. The van der Waals surface area contributed by atoms with Crippen LogP contribution in [-0.4, -0.2) is 28.4 Å². The van der Waals surface area contributed by atoms with Gasteiger partial charge in [0.05, 0.1) is 5.69 Å². The van der Waals surface area contributed by atoms with Crippen LogP contribution >= 0.6 is 11.8 Å². The van der Waals surface area contributed by atoms with E-state index in [4.69, 9.17) is 5.11 Å². The minimum absolute atomic E-state index is 0.106. The number of aromatic nitrogens is 1. The van der Waals surface area contributed by atoms with E-state index < -0.39 is 5.97 Å². The molecule has 0 radical (unpaired) electrons. The molecule has 1 aliphatic heterocycles. The van der Waals surface area contributed by atoms with E-state index in [0.717, 1.165) is 23.0 Å². The Bertz CT molecular complexity index is 354. The molecular weight excluding hydrogens is 188 g/mol. The van der Waals surface area contributed by atoms with Gasteiger partial charge in [-0.05, 0) is 12.1 Å². The molecule has 1 aromatic rings. The van der Waals surface area contributed by atoms with E-state index in [1.54, 1.807) is 17.8 Å². The molecule has 0 aromatic carbocycles. The summed E-state index contributed by atoms with van der Waals surface area (Å²) in [7, 11) is 0. The molecule has 0 aliphatic carbocycles. The number of hydrogen-bond acceptors (Lipinski definition) is 4. The lowest BCUT2D eigenvalue weighted by atomic mass is 10.3. The van der Waals surface area contributed by atoms with Crippen LogP contribution in [0.25, 0.3) is 0 Å². The van der Waals surface area contributed by atoms with Gasteiger partial charge in [0.2, 0.25) is 0 Å². The lowest BCUT2D eigenvalue weighted by molar-refractivity contribution is 0.0690. The van der Waals surface area contributed by atoms with Gasteiger partial charge >= 0.3 is 5.97 Å². The van der Waals surface area contributed by atoms with Gasteiger partial charge in [-0.1, -0.05) is 0 Å².